The van der Waals surface area contributed by atoms with Gasteiger partial charge in [0.15, 0.2) is 5.96 Å². The molecule has 1 aromatic carbocycles. The van der Waals surface area contributed by atoms with Gasteiger partial charge in [0.2, 0.25) is 5.91 Å². The molecule has 1 saturated heterocycles. The van der Waals surface area contributed by atoms with Gasteiger partial charge >= 0.3 is 0 Å². The molecule has 1 aromatic rings. The number of likely N-dealkylation sites (tertiary alicyclic amines) is 1. The smallest absolute Gasteiger partial charge is 0.233 e. The van der Waals surface area contributed by atoms with Crippen LogP contribution in [0.3, 0.4) is 0 Å². The van der Waals surface area contributed by atoms with Crippen molar-refractivity contribution in [2.24, 2.45) is 4.99 Å². The van der Waals surface area contributed by atoms with Crippen molar-refractivity contribution in [2.45, 2.75) is 25.5 Å². The van der Waals surface area contributed by atoms with Crippen LogP contribution in [0.2, 0.25) is 0 Å². The normalized spacial score (nSPS) is 15.7. The number of aliphatic imine (C=N–C) groups is 1. The minimum absolute atomic E-state index is 0. The Hall–Kier alpha value is -1.39. The van der Waals surface area contributed by atoms with E-state index in [1.165, 1.54) is 5.56 Å². The topological polar surface area (TPSA) is 78.0 Å². The van der Waals surface area contributed by atoms with E-state index in [4.69, 9.17) is 4.74 Å². The first-order valence-electron chi connectivity index (χ1n) is 9.23. The molecule has 0 unspecified atom stereocenters. The number of carbonyl (C=O) groups excluding carboxylic acids is 1. The van der Waals surface area contributed by atoms with Gasteiger partial charge in [-0.05, 0) is 18.4 Å². The van der Waals surface area contributed by atoms with Gasteiger partial charge in [-0.25, -0.2) is 0 Å². The number of halogens is 1. The lowest BCUT2D eigenvalue weighted by molar-refractivity contribution is -0.122. The van der Waals surface area contributed by atoms with Crippen LogP contribution in [0.1, 0.15) is 18.4 Å². The lowest BCUT2D eigenvalue weighted by atomic mass is 10.1. The average molecular weight is 489 g/mol. The van der Waals surface area contributed by atoms with Crippen molar-refractivity contribution >= 4 is 35.8 Å². The van der Waals surface area contributed by atoms with Crippen molar-refractivity contribution in [3.05, 3.63) is 35.9 Å². The van der Waals surface area contributed by atoms with Gasteiger partial charge in [-0.15, -0.1) is 24.0 Å². The summed E-state index contributed by atoms with van der Waals surface area (Å²) in [6, 6.07) is 10.5. The molecule has 8 heteroatoms. The number of guanidine groups is 1. The third-order valence-electron chi connectivity index (χ3n) is 4.45. The standard InChI is InChI=1S/C19H31N5O2.HI/c1-20-18(25)14-24-11-8-17(9-12-24)23-19(21-2)22-10-13-26-15-16-6-4-3-5-7-16;/h3-7,17H,8-15H2,1-2H3,(H,20,25)(H2,21,22,23);1H. The molecule has 0 bridgehead atoms. The van der Waals surface area contributed by atoms with Gasteiger partial charge in [0, 0.05) is 39.8 Å². The number of nitrogens with zero attached hydrogens (tertiary/aromatic N) is 2. The summed E-state index contributed by atoms with van der Waals surface area (Å²) < 4.78 is 5.68. The van der Waals surface area contributed by atoms with E-state index in [0.717, 1.165) is 31.9 Å². The predicted octanol–water partition coefficient (Wildman–Crippen LogP) is 1.20. The molecular weight excluding hydrogens is 457 g/mol. The maximum absolute atomic E-state index is 11.4. The fourth-order valence-corrected chi connectivity index (χ4v) is 2.91. The van der Waals surface area contributed by atoms with Crippen LogP contribution in [0.4, 0.5) is 0 Å². The molecule has 2 rings (SSSR count). The number of benzene rings is 1. The summed E-state index contributed by atoms with van der Waals surface area (Å²) in [5.41, 5.74) is 1.18. The molecule has 0 aliphatic carbocycles. The highest BCUT2D eigenvalue weighted by molar-refractivity contribution is 14.0. The van der Waals surface area contributed by atoms with Crippen LogP contribution in [0.15, 0.2) is 35.3 Å². The number of hydrogen-bond donors (Lipinski definition) is 3. The van der Waals surface area contributed by atoms with Gasteiger partial charge in [-0.2, -0.15) is 0 Å². The number of rotatable bonds is 8. The molecule has 1 fully saturated rings. The van der Waals surface area contributed by atoms with Crippen LogP contribution in [0.5, 0.6) is 0 Å². The molecule has 1 aliphatic heterocycles. The summed E-state index contributed by atoms with van der Waals surface area (Å²) in [5.74, 6) is 0.877. The molecule has 7 nitrogen and oxygen atoms in total. The first-order chi connectivity index (χ1) is 12.7. The molecule has 1 heterocycles. The molecule has 152 valence electrons. The monoisotopic (exact) mass is 489 g/mol. The molecule has 27 heavy (non-hydrogen) atoms. The minimum Gasteiger partial charge on any atom is -0.375 e. The van der Waals surface area contributed by atoms with Crippen molar-refractivity contribution in [1.82, 2.24) is 20.9 Å². The van der Waals surface area contributed by atoms with E-state index in [1.807, 2.05) is 18.2 Å². The Morgan fingerprint density at radius 1 is 1.26 bits per heavy atom. The lowest BCUT2D eigenvalue weighted by Gasteiger charge is -2.32. The second kappa shape index (κ2) is 13.7. The number of likely N-dealkylation sites (N-methyl/N-ethyl adjacent to an activating group) is 1. The van der Waals surface area contributed by atoms with E-state index in [0.29, 0.717) is 32.3 Å². The van der Waals surface area contributed by atoms with Crippen molar-refractivity contribution in [3.8, 4) is 0 Å². The highest BCUT2D eigenvalue weighted by Gasteiger charge is 2.21. The van der Waals surface area contributed by atoms with E-state index in [2.05, 4.69) is 38.0 Å². The Labute approximate surface area is 179 Å². The van der Waals surface area contributed by atoms with Crippen LogP contribution >= 0.6 is 24.0 Å². The predicted molar refractivity (Wildman–Crippen MR) is 120 cm³/mol. The van der Waals surface area contributed by atoms with Crippen molar-refractivity contribution < 1.29 is 9.53 Å². The Balaban J connectivity index is 0.00000364. The summed E-state index contributed by atoms with van der Waals surface area (Å²) in [4.78, 5) is 17.9. The fourth-order valence-electron chi connectivity index (χ4n) is 2.91. The van der Waals surface area contributed by atoms with Crippen molar-refractivity contribution in [1.29, 1.82) is 0 Å². The largest absolute Gasteiger partial charge is 0.375 e. The Morgan fingerprint density at radius 2 is 1.96 bits per heavy atom. The molecule has 0 aromatic heterocycles. The SMILES string of the molecule is CN=C(NCCOCc1ccccc1)NC1CCN(CC(=O)NC)CC1.I. The highest BCUT2D eigenvalue weighted by atomic mass is 127. The van der Waals surface area contributed by atoms with Crippen molar-refractivity contribution in [2.75, 3.05) is 46.9 Å². The molecular formula is C19H32IN5O2. The van der Waals surface area contributed by atoms with Crippen LogP contribution in [0.25, 0.3) is 0 Å². The number of carbonyl (C=O) groups is 1. The van der Waals surface area contributed by atoms with E-state index in [-0.39, 0.29) is 29.9 Å². The molecule has 1 amide bonds. The Bertz CT molecular complexity index is 562. The third kappa shape index (κ3) is 9.39. The second-order valence-electron chi connectivity index (χ2n) is 6.41. The van der Waals surface area contributed by atoms with Gasteiger partial charge in [0.05, 0.1) is 19.8 Å². The van der Waals surface area contributed by atoms with E-state index >= 15 is 0 Å². The molecule has 0 atom stereocenters. The average Bonchev–Trinajstić information content (AvgIpc) is 2.68. The zero-order valence-electron chi connectivity index (χ0n) is 16.2. The van der Waals surface area contributed by atoms with Crippen LogP contribution in [-0.2, 0) is 16.1 Å². The zero-order chi connectivity index (χ0) is 18.6. The number of piperidine rings is 1. The summed E-state index contributed by atoms with van der Waals surface area (Å²) in [7, 11) is 3.46. The number of ether oxygens (including phenoxy) is 1. The quantitative estimate of drug-likeness (QED) is 0.222. The Morgan fingerprint density at radius 3 is 2.59 bits per heavy atom. The molecule has 0 radical (unpaired) electrons. The highest BCUT2D eigenvalue weighted by Crippen LogP contribution is 2.09. The number of hydrogen-bond acceptors (Lipinski definition) is 4. The number of nitrogens with one attached hydrogen (secondary N) is 3. The van der Waals surface area contributed by atoms with E-state index < -0.39 is 0 Å². The third-order valence-corrected chi connectivity index (χ3v) is 4.45. The van der Waals surface area contributed by atoms with Gasteiger partial charge in [0.25, 0.3) is 0 Å². The minimum atomic E-state index is 0. The van der Waals surface area contributed by atoms with Crippen LogP contribution in [-0.4, -0.2) is 69.7 Å². The summed E-state index contributed by atoms with van der Waals surface area (Å²) >= 11 is 0. The van der Waals surface area contributed by atoms with Gasteiger partial charge in [-0.1, -0.05) is 30.3 Å². The second-order valence-corrected chi connectivity index (χ2v) is 6.41. The summed E-state index contributed by atoms with van der Waals surface area (Å²) in [6.07, 6.45) is 2.00. The number of amides is 1. The van der Waals surface area contributed by atoms with Crippen LogP contribution < -0.4 is 16.0 Å². The van der Waals surface area contributed by atoms with Gasteiger partial charge < -0.3 is 20.7 Å². The first-order valence-corrected chi connectivity index (χ1v) is 9.23. The lowest BCUT2D eigenvalue weighted by Crippen LogP contribution is -2.50. The van der Waals surface area contributed by atoms with E-state index in [9.17, 15) is 4.79 Å². The van der Waals surface area contributed by atoms with Gasteiger partial charge in [0.1, 0.15) is 0 Å². The maximum atomic E-state index is 11.4. The first kappa shape index (κ1) is 23.6. The summed E-state index contributed by atoms with van der Waals surface area (Å²) in [6.45, 7) is 4.28. The molecule has 1 aliphatic rings. The Kier molecular flexibility index (Phi) is 12.0. The van der Waals surface area contributed by atoms with Crippen molar-refractivity contribution in [3.63, 3.8) is 0 Å². The molecule has 0 spiro atoms. The maximum Gasteiger partial charge on any atom is 0.233 e. The van der Waals surface area contributed by atoms with Gasteiger partial charge in [-0.3, -0.25) is 14.7 Å². The molecule has 3 N–H and O–H groups in total. The summed E-state index contributed by atoms with van der Waals surface area (Å²) in [5, 5.41) is 9.42. The fraction of sp³-hybridized carbons (Fsp3) is 0.579. The molecule has 0 saturated carbocycles. The van der Waals surface area contributed by atoms with Crippen LogP contribution in [0, 0.1) is 0 Å². The zero-order valence-corrected chi connectivity index (χ0v) is 18.6. The van der Waals surface area contributed by atoms with E-state index in [1.54, 1.807) is 14.1 Å².